The van der Waals surface area contributed by atoms with Crippen LogP contribution in [0.3, 0.4) is 0 Å². The standard InChI is InChI=1S/C22H34N4O3S2/c1-15-19-14-20(30-22(19)26(24-15)18-6-3-2-4-7-18)21(27)23-16-8-10-17(11-9-16)25-12-5-13-31(25,28)29/h14,16-18,28-29H,2-13H2,1H3,(H,23,27). The second kappa shape index (κ2) is 8.67. The van der Waals surface area contributed by atoms with Gasteiger partial charge in [-0.05, 0) is 57.9 Å². The minimum absolute atomic E-state index is 0.0182. The van der Waals surface area contributed by atoms with Crippen molar-refractivity contribution in [2.24, 2.45) is 0 Å². The van der Waals surface area contributed by atoms with Crippen LogP contribution < -0.4 is 5.32 Å². The average molecular weight is 467 g/mol. The van der Waals surface area contributed by atoms with Crippen LogP contribution in [0.2, 0.25) is 0 Å². The summed E-state index contributed by atoms with van der Waals surface area (Å²) in [5.41, 5.74) is 1.01. The second-order valence-electron chi connectivity index (χ2n) is 9.46. The number of nitrogens with one attached hydrogen (secondary N) is 1. The van der Waals surface area contributed by atoms with Crippen molar-refractivity contribution in [3.63, 3.8) is 0 Å². The monoisotopic (exact) mass is 466 g/mol. The van der Waals surface area contributed by atoms with E-state index in [4.69, 9.17) is 5.10 Å². The van der Waals surface area contributed by atoms with Crippen LogP contribution in [0.15, 0.2) is 6.07 Å². The molecule has 31 heavy (non-hydrogen) atoms. The van der Waals surface area contributed by atoms with Crippen LogP contribution in [-0.4, -0.2) is 53.5 Å². The van der Waals surface area contributed by atoms with Crippen molar-refractivity contribution in [3.8, 4) is 0 Å². The fourth-order valence-corrected chi connectivity index (χ4v) is 8.62. The maximum absolute atomic E-state index is 13.0. The second-order valence-corrected chi connectivity index (χ2v) is 12.6. The predicted octanol–water partition coefficient (Wildman–Crippen LogP) is 5.32. The fraction of sp³-hybridized carbons (Fsp3) is 0.727. The molecule has 172 valence electrons. The van der Waals surface area contributed by atoms with E-state index in [2.05, 4.69) is 10.00 Å². The van der Waals surface area contributed by atoms with Gasteiger partial charge in [-0.2, -0.15) is 5.10 Å². The normalized spacial score (nSPS) is 28.7. The van der Waals surface area contributed by atoms with Crippen molar-refractivity contribution in [3.05, 3.63) is 16.6 Å². The fourth-order valence-electron chi connectivity index (χ4n) is 5.62. The van der Waals surface area contributed by atoms with Gasteiger partial charge in [-0.1, -0.05) is 19.3 Å². The number of carbonyl (C=O) groups excluding carboxylic acids is 1. The predicted molar refractivity (Wildman–Crippen MR) is 127 cm³/mol. The molecule has 2 aliphatic carbocycles. The van der Waals surface area contributed by atoms with Gasteiger partial charge in [-0.15, -0.1) is 22.1 Å². The van der Waals surface area contributed by atoms with E-state index in [1.165, 1.54) is 32.1 Å². The quantitative estimate of drug-likeness (QED) is 0.567. The molecule has 3 N–H and O–H groups in total. The molecule has 2 aromatic rings. The molecule has 0 radical (unpaired) electrons. The van der Waals surface area contributed by atoms with Crippen molar-refractivity contribution < 1.29 is 13.9 Å². The van der Waals surface area contributed by atoms with Crippen LogP contribution in [0.25, 0.3) is 10.2 Å². The topological polar surface area (TPSA) is 90.6 Å². The maximum atomic E-state index is 13.0. The molecule has 1 aliphatic heterocycles. The summed E-state index contributed by atoms with van der Waals surface area (Å²) in [6.07, 6.45) is 10.7. The van der Waals surface area contributed by atoms with E-state index in [9.17, 15) is 13.9 Å². The van der Waals surface area contributed by atoms with Crippen molar-refractivity contribution in [1.82, 2.24) is 19.4 Å². The van der Waals surface area contributed by atoms with Gasteiger partial charge in [0, 0.05) is 24.0 Å². The summed E-state index contributed by atoms with van der Waals surface area (Å²) in [5, 5.41) is 9.15. The number of hydrogen-bond acceptors (Lipinski definition) is 6. The Morgan fingerprint density at radius 2 is 1.84 bits per heavy atom. The summed E-state index contributed by atoms with van der Waals surface area (Å²) in [6.45, 7) is 2.82. The first-order valence-corrected chi connectivity index (χ1v) is 14.2. The molecule has 3 fully saturated rings. The van der Waals surface area contributed by atoms with E-state index in [1.54, 1.807) is 11.3 Å². The lowest BCUT2D eigenvalue weighted by molar-refractivity contribution is 0.0922. The van der Waals surface area contributed by atoms with E-state index < -0.39 is 10.8 Å². The zero-order chi connectivity index (χ0) is 21.6. The lowest BCUT2D eigenvalue weighted by Gasteiger charge is -2.44. The molecule has 2 aromatic heterocycles. The highest BCUT2D eigenvalue weighted by Crippen LogP contribution is 2.51. The maximum Gasteiger partial charge on any atom is 0.261 e. The summed E-state index contributed by atoms with van der Waals surface area (Å²) in [7, 11) is -2.56. The van der Waals surface area contributed by atoms with Crippen LogP contribution in [0, 0.1) is 6.92 Å². The third-order valence-electron chi connectivity index (χ3n) is 7.32. The van der Waals surface area contributed by atoms with Crippen molar-refractivity contribution in [2.45, 2.75) is 89.3 Å². The summed E-state index contributed by atoms with van der Waals surface area (Å²) in [5.74, 6) is 0.525. The number of amides is 1. The molecule has 5 rings (SSSR count). The van der Waals surface area contributed by atoms with Gasteiger partial charge in [-0.3, -0.25) is 18.6 Å². The SMILES string of the molecule is Cc1nn(C2CCCCC2)c2sc(C(=O)NC3CCC(N4CCCS4(O)O)CC3)cc12. The smallest absolute Gasteiger partial charge is 0.261 e. The molecule has 0 spiro atoms. The molecule has 2 saturated carbocycles. The van der Waals surface area contributed by atoms with Crippen LogP contribution >= 0.6 is 22.1 Å². The van der Waals surface area contributed by atoms with Crippen LogP contribution in [0.1, 0.15) is 85.6 Å². The first-order chi connectivity index (χ1) is 14.9. The van der Waals surface area contributed by atoms with E-state index in [0.29, 0.717) is 11.8 Å². The van der Waals surface area contributed by atoms with E-state index in [1.807, 2.05) is 17.3 Å². The van der Waals surface area contributed by atoms with Gasteiger partial charge in [0.2, 0.25) is 0 Å². The molecular formula is C22H34N4O3S2. The molecular weight excluding hydrogens is 432 g/mol. The number of nitrogens with zero attached hydrogens (tertiary/aromatic N) is 3. The average Bonchev–Trinajstić information content (AvgIpc) is 3.44. The lowest BCUT2D eigenvalue weighted by atomic mass is 9.91. The van der Waals surface area contributed by atoms with E-state index in [0.717, 1.165) is 59.4 Å². The van der Waals surface area contributed by atoms with Gasteiger partial charge in [-0.25, -0.2) is 4.31 Å². The number of aromatic nitrogens is 2. The third kappa shape index (κ3) is 4.27. The minimum Gasteiger partial charge on any atom is -0.349 e. The first kappa shape index (κ1) is 21.7. The molecule has 3 aliphatic rings. The zero-order valence-corrected chi connectivity index (χ0v) is 19.9. The van der Waals surface area contributed by atoms with Crippen LogP contribution in [0.4, 0.5) is 0 Å². The van der Waals surface area contributed by atoms with Crippen LogP contribution in [0.5, 0.6) is 0 Å². The van der Waals surface area contributed by atoms with Gasteiger partial charge >= 0.3 is 0 Å². The number of rotatable bonds is 4. The Bertz CT molecular complexity index is 942. The van der Waals surface area contributed by atoms with Crippen molar-refractivity contribution in [2.75, 3.05) is 12.3 Å². The van der Waals surface area contributed by atoms with Crippen molar-refractivity contribution >= 4 is 38.2 Å². The Hall–Kier alpha value is -1.13. The van der Waals surface area contributed by atoms with E-state index >= 15 is 0 Å². The molecule has 9 heteroatoms. The first-order valence-electron chi connectivity index (χ1n) is 11.7. The number of carbonyl (C=O) groups is 1. The Labute approximate surface area is 189 Å². The minimum atomic E-state index is -2.56. The molecule has 1 amide bonds. The molecule has 1 saturated heterocycles. The summed E-state index contributed by atoms with van der Waals surface area (Å²) >= 11 is 1.57. The number of fused-ring (bicyclic) bond motifs is 1. The third-order valence-corrected chi connectivity index (χ3v) is 10.5. The Balaban J connectivity index is 1.23. The molecule has 0 unspecified atom stereocenters. The molecule has 0 atom stereocenters. The highest BCUT2D eigenvalue weighted by molar-refractivity contribution is 8.22. The zero-order valence-electron chi connectivity index (χ0n) is 18.3. The highest BCUT2D eigenvalue weighted by atomic mass is 32.3. The Morgan fingerprint density at radius 1 is 1.10 bits per heavy atom. The number of hydrogen-bond donors (Lipinski definition) is 3. The summed E-state index contributed by atoms with van der Waals surface area (Å²) in [6, 6.07) is 2.87. The van der Waals surface area contributed by atoms with Gasteiger partial charge in [0.1, 0.15) is 4.83 Å². The Kier molecular flexibility index (Phi) is 6.07. The summed E-state index contributed by atoms with van der Waals surface area (Å²) < 4.78 is 24.6. The van der Waals surface area contributed by atoms with Gasteiger partial charge in [0.05, 0.1) is 22.4 Å². The molecule has 0 bridgehead atoms. The number of aryl methyl sites for hydroxylation is 1. The van der Waals surface area contributed by atoms with Gasteiger partial charge < -0.3 is 5.32 Å². The molecule has 3 heterocycles. The number of thiophene rings is 1. The van der Waals surface area contributed by atoms with Gasteiger partial charge in [0.25, 0.3) is 5.91 Å². The van der Waals surface area contributed by atoms with Crippen molar-refractivity contribution in [1.29, 1.82) is 0 Å². The molecule has 7 nitrogen and oxygen atoms in total. The Morgan fingerprint density at radius 3 is 2.52 bits per heavy atom. The highest BCUT2D eigenvalue weighted by Gasteiger charge is 2.37. The molecule has 0 aromatic carbocycles. The van der Waals surface area contributed by atoms with Crippen LogP contribution in [-0.2, 0) is 0 Å². The van der Waals surface area contributed by atoms with E-state index in [-0.39, 0.29) is 18.0 Å². The summed E-state index contributed by atoms with van der Waals surface area (Å²) in [4.78, 5) is 14.9. The van der Waals surface area contributed by atoms with Gasteiger partial charge in [0.15, 0.2) is 0 Å². The largest absolute Gasteiger partial charge is 0.349 e. The lowest BCUT2D eigenvalue weighted by Crippen LogP contribution is -2.43.